The lowest BCUT2D eigenvalue weighted by atomic mass is 10.3. The van der Waals surface area contributed by atoms with E-state index in [-0.39, 0.29) is 12.1 Å². The van der Waals surface area contributed by atoms with Crippen molar-refractivity contribution in [1.29, 1.82) is 0 Å². The van der Waals surface area contributed by atoms with Crippen molar-refractivity contribution in [3.05, 3.63) is 0 Å². The zero-order valence-corrected chi connectivity index (χ0v) is 7.57. The van der Waals surface area contributed by atoms with Crippen LogP contribution < -0.4 is 5.32 Å². The Balaban J connectivity index is 2.47. The van der Waals surface area contributed by atoms with E-state index in [1.165, 1.54) is 0 Å². The van der Waals surface area contributed by atoms with Gasteiger partial charge in [0.15, 0.2) is 0 Å². The Kier molecular flexibility index (Phi) is 2.44. The standard InChI is InChI=1S/C7H12N2OS/c1-5-3-9(4-6(2)11)7(10)8-5/h5H,3-4H2,1-2H3,(H,8,10). The molecule has 0 bridgehead atoms. The van der Waals surface area contributed by atoms with Crippen molar-refractivity contribution < 1.29 is 4.79 Å². The summed E-state index contributed by atoms with van der Waals surface area (Å²) >= 11 is 4.90. The molecule has 62 valence electrons. The molecule has 0 aromatic carbocycles. The number of urea groups is 1. The molecule has 1 fully saturated rings. The fraction of sp³-hybridized carbons (Fsp3) is 0.714. The number of hydrogen-bond acceptors (Lipinski definition) is 2. The van der Waals surface area contributed by atoms with Crippen molar-refractivity contribution in [2.75, 3.05) is 13.1 Å². The van der Waals surface area contributed by atoms with Crippen LogP contribution in [0.15, 0.2) is 0 Å². The highest BCUT2D eigenvalue weighted by Crippen LogP contribution is 2.02. The predicted octanol–water partition coefficient (Wildman–Crippen LogP) is 0.790. The van der Waals surface area contributed by atoms with E-state index in [0.29, 0.717) is 6.54 Å². The first-order chi connectivity index (χ1) is 5.09. The molecule has 1 heterocycles. The molecular weight excluding hydrogens is 160 g/mol. The van der Waals surface area contributed by atoms with Gasteiger partial charge in [0.25, 0.3) is 0 Å². The van der Waals surface area contributed by atoms with Crippen LogP contribution in [0.4, 0.5) is 4.79 Å². The molecule has 1 saturated heterocycles. The maximum absolute atomic E-state index is 11.1. The fourth-order valence-electron chi connectivity index (χ4n) is 1.17. The van der Waals surface area contributed by atoms with E-state index in [1.54, 1.807) is 4.90 Å². The molecule has 1 atom stereocenters. The van der Waals surface area contributed by atoms with Gasteiger partial charge in [-0.15, -0.1) is 0 Å². The highest BCUT2D eigenvalue weighted by atomic mass is 32.1. The molecule has 0 aromatic heterocycles. The topological polar surface area (TPSA) is 32.3 Å². The molecule has 11 heavy (non-hydrogen) atoms. The van der Waals surface area contributed by atoms with Gasteiger partial charge in [0.1, 0.15) is 0 Å². The largest absolute Gasteiger partial charge is 0.334 e. The zero-order valence-electron chi connectivity index (χ0n) is 6.76. The van der Waals surface area contributed by atoms with Gasteiger partial charge in [0.2, 0.25) is 0 Å². The summed E-state index contributed by atoms with van der Waals surface area (Å²) in [5, 5.41) is 2.80. The van der Waals surface area contributed by atoms with Crippen molar-refractivity contribution >= 4 is 23.1 Å². The van der Waals surface area contributed by atoms with E-state index < -0.39 is 0 Å². The maximum atomic E-state index is 11.1. The first-order valence-corrected chi connectivity index (χ1v) is 4.05. The summed E-state index contributed by atoms with van der Waals surface area (Å²) in [6, 6.07) is 0.263. The summed E-state index contributed by atoms with van der Waals surface area (Å²) in [6.45, 7) is 5.21. The van der Waals surface area contributed by atoms with Gasteiger partial charge in [-0.1, -0.05) is 12.2 Å². The lowest BCUT2D eigenvalue weighted by Gasteiger charge is -2.12. The third kappa shape index (κ3) is 2.15. The van der Waals surface area contributed by atoms with Crippen LogP contribution in [0.3, 0.4) is 0 Å². The fourth-order valence-corrected chi connectivity index (χ4v) is 1.32. The van der Waals surface area contributed by atoms with Gasteiger partial charge in [-0.3, -0.25) is 0 Å². The minimum Gasteiger partial charge on any atom is -0.334 e. The number of amides is 2. The molecule has 3 nitrogen and oxygen atoms in total. The SMILES string of the molecule is CC(=S)CN1CC(C)NC1=O. The van der Waals surface area contributed by atoms with E-state index in [1.807, 2.05) is 13.8 Å². The first kappa shape index (κ1) is 8.46. The van der Waals surface area contributed by atoms with E-state index in [4.69, 9.17) is 12.2 Å². The van der Waals surface area contributed by atoms with Crippen molar-refractivity contribution in [1.82, 2.24) is 10.2 Å². The van der Waals surface area contributed by atoms with Gasteiger partial charge >= 0.3 is 6.03 Å². The zero-order chi connectivity index (χ0) is 8.43. The third-order valence-corrected chi connectivity index (χ3v) is 1.69. The van der Waals surface area contributed by atoms with Crippen molar-refractivity contribution in [2.45, 2.75) is 19.9 Å². The van der Waals surface area contributed by atoms with Gasteiger partial charge in [-0.25, -0.2) is 4.79 Å². The van der Waals surface area contributed by atoms with Gasteiger partial charge in [-0.2, -0.15) is 0 Å². The molecular formula is C7H12N2OS. The van der Waals surface area contributed by atoms with Crippen molar-refractivity contribution in [3.63, 3.8) is 0 Å². The first-order valence-electron chi connectivity index (χ1n) is 3.64. The number of carbonyl (C=O) groups is 1. The summed E-state index contributed by atoms with van der Waals surface area (Å²) in [7, 11) is 0. The molecule has 0 saturated carbocycles. The Labute approximate surface area is 71.8 Å². The number of rotatable bonds is 2. The van der Waals surface area contributed by atoms with Crippen LogP contribution in [0.1, 0.15) is 13.8 Å². The van der Waals surface area contributed by atoms with Gasteiger partial charge in [-0.05, 0) is 13.8 Å². The predicted molar refractivity (Wildman–Crippen MR) is 47.8 cm³/mol. The van der Waals surface area contributed by atoms with Gasteiger partial charge in [0, 0.05) is 17.5 Å². The average Bonchev–Trinajstić information content (AvgIpc) is 2.09. The van der Waals surface area contributed by atoms with Crippen LogP contribution in [0.2, 0.25) is 0 Å². The number of nitrogens with one attached hydrogen (secondary N) is 1. The summed E-state index contributed by atoms with van der Waals surface area (Å²) in [5.41, 5.74) is 0. The Morgan fingerprint density at radius 2 is 2.55 bits per heavy atom. The minimum absolute atomic E-state index is 0.00157. The molecule has 0 spiro atoms. The van der Waals surface area contributed by atoms with E-state index in [0.717, 1.165) is 11.4 Å². The highest BCUT2D eigenvalue weighted by Gasteiger charge is 2.24. The molecule has 4 heteroatoms. The van der Waals surface area contributed by atoms with E-state index in [2.05, 4.69) is 5.32 Å². The second-order valence-electron chi connectivity index (χ2n) is 2.93. The van der Waals surface area contributed by atoms with Crippen LogP contribution in [0, 0.1) is 0 Å². The van der Waals surface area contributed by atoms with Crippen molar-refractivity contribution in [3.8, 4) is 0 Å². The van der Waals surface area contributed by atoms with Crippen LogP contribution in [-0.2, 0) is 0 Å². The highest BCUT2D eigenvalue weighted by molar-refractivity contribution is 7.80. The Morgan fingerprint density at radius 3 is 2.91 bits per heavy atom. The third-order valence-electron chi connectivity index (χ3n) is 1.56. The number of nitrogens with zero attached hydrogens (tertiary/aromatic N) is 1. The average molecular weight is 172 g/mol. The second kappa shape index (κ2) is 3.17. The molecule has 1 aliphatic rings. The Morgan fingerprint density at radius 1 is 1.91 bits per heavy atom. The monoisotopic (exact) mass is 172 g/mol. The number of carbonyl (C=O) groups excluding carboxylic acids is 1. The molecule has 2 amide bonds. The minimum atomic E-state index is 0.00157. The Bertz CT molecular complexity index is 193. The lowest BCUT2D eigenvalue weighted by molar-refractivity contribution is 0.223. The molecule has 1 rings (SSSR count). The maximum Gasteiger partial charge on any atom is 0.318 e. The molecule has 0 radical (unpaired) electrons. The van der Waals surface area contributed by atoms with Gasteiger partial charge in [0.05, 0.1) is 6.54 Å². The molecule has 1 unspecified atom stereocenters. The molecule has 1 N–H and O–H groups in total. The van der Waals surface area contributed by atoms with Crippen LogP contribution in [0.25, 0.3) is 0 Å². The molecule has 0 aromatic rings. The quantitative estimate of drug-likeness (QED) is 0.625. The normalized spacial score (nSPS) is 23.6. The summed E-state index contributed by atoms with van der Waals surface area (Å²) in [5.74, 6) is 0. The summed E-state index contributed by atoms with van der Waals surface area (Å²) in [4.78, 5) is 13.7. The summed E-state index contributed by atoms with van der Waals surface area (Å²) < 4.78 is 0. The lowest BCUT2D eigenvalue weighted by Crippen LogP contribution is -2.31. The smallest absolute Gasteiger partial charge is 0.318 e. The molecule has 0 aliphatic carbocycles. The Hall–Kier alpha value is -0.640. The second-order valence-corrected chi connectivity index (χ2v) is 3.63. The summed E-state index contributed by atoms with van der Waals surface area (Å²) in [6.07, 6.45) is 0. The van der Waals surface area contributed by atoms with Gasteiger partial charge < -0.3 is 10.2 Å². The van der Waals surface area contributed by atoms with E-state index >= 15 is 0 Å². The van der Waals surface area contributed by atoms with Crippen LogP contribution in [-0.4, -0.2) is 34.9 Å². The van der Waals surface area contributed by atoms with Crippen LogP contribution in [0.5, 0.6) is 0 Å². The van der Waals surface area contributed by atoms with E-state index in [9.17, 15) is 4.79 Å². The van der Waals surface area contributed by atoms with Crippen LogP contribution >= 0.6 is 12.2 Å². The van der Waals surface area contributed by atoms with Crippen molar-refractivity contribution in [2.24, 2.45) is 0 Å². The molecule has 1 aliphatic heterocycles. The number of thiocarbonyl (C=S) groups is 1. The number of hydrogen-bond donors (Lipinski definition) is 1.